The van der Waals surface area contributed by atoms with Crippen molar-refractivity contribution in [2.75, 3.05) is 5.32 Å². The van der Waals surface area contributed by atoms with Gasteiger partial charge in [0.05, 0.1) is 21.6 Å². The van der Waals surface area contributed by atoms with Gasteiger partial charge in [-0.05, 0) is 31.2 Å². The number of H-pyrrole nitrogens is 1. The van der Waals surface area contributed by atoms with Crippen LogP contribution in [0.1, 0.15) is 15.9 Å². The summed E-state index contributed by atoms with van der Waals surface area (Å²) in [5, 5.41) is 13.9. The van der Waals surface area contributed by atoms with E-state index in [-0.39, 0.29) is 28.1 Å². The molecule has 1 amide bonds. The summed E-state index contributed by atoms with van der Waals surface area (Å²) in [5.41, 5.74) is 2.13. The molecule has 0 aliphatic carbocycles. The smallest absolute Gasteiger partial charge is 0.275 e. The largest absolute Gasteiger partial charge is 0.321 e. The number of hydrogen-bond donors (Lipinski definition) is 2. The van der Waals surface area contributed by atoms with Gasteiger partial charge in [-0.3, -0.25) is 19.7 Å². The van der Waals surface area contributed by atoms with Crippen LogP contribution in [0.3, 0.4) is 0 Å². The van der Waals surface area contributed by atoms with Gasteiger partial charge in [0, 0.05) is 22.8 Å². The number of nitro groups is 1. The van der Waals surface area contributed by atoms with E-state index in [0.717, 1.165) is 0 Å². The Hall–Kier alpha value is -4.33. The predicted molar refractivity (Wildman–Crippen MR) is 114 cm³/mol. The molecule has 2 N–H and O–H groups in total. The monoisotopic (exact) mass is 400 g/mol. The zero-order valence-electron chi connectivity index (χ0n) is 15.9. The lowest BCUT2D eigenvalue weighted by atomic mass is 10.0. The van der Waals surface area contributed by atoms with Crippen LogP contribution in [0.15, 0.2) is 71.5 Å². The number of hydrogen-bond acceptors (Lipinski definition) is 5. The van der Waals surface area contributed by atoms with Gasteiger partial charge in [-0.2, -0.15) is 0 Å². The van der Waals surface area contributed by atoms with Crippen LogP contribution >= 0.6 is 0 Å². The number of nitrogens with one attached hydrogen (secondary N) is 2. The number of benzene rings is 3. The fourth-order valence-electron chi connectivity index (χ4n) is 3.27. The molecular formula is C22H16N4O4. The van der Waals surface area contributed by atoms with Crippen molar-refractivity contribution in [2.24, 2.45) is 0 Å². The lowest BCUT2D eigenvalue weighted by Gasteiger charge is -2.12. The predicted octanol–water partition coefficient (Wildman–Crippen LogP) is 4.06. The van der Waals surface area contributed by atoms with Crippen molar-refractivity contribution in [1.82, 2.24) is 9.97 Å². The molecule has 0 aliphatic heterocycles. The maximum atomic E-state index is 12.9. The molecule has 0 atom stereocenters. The first-order valence-electron chi connectivity index (χ1n) is 9.09. The van der Waals surface area contributed by atoms with E-state index in [1.807, 2.05) is 6.07 Å². The molecule has 8 nitrogen and oxygen atoms in total. The molecule has 0 bridgehead atoms. The van der Waals surface area contributed by atoms with E-state index in [9.17, 15) is 19.7 Å². The third kappa shape index (κ3) is 3.42. The number of amides is 1. The number of carbonyl (C=O) groups is 1. The van der Waals surface area contributed by atoms with Crippen LogP contribution in [0.4, 0.5) is 11.4 Å². The molecule has 3 aromatic carbocycles. The van der Waals surface area contributed by atoms with E-state index in [2.05, 4.69) is 15.3 Å². The maximum Gasteiger partial charge on any atom is 0.275 e. The second-order valence-electron chi connectivity index (χ2n) is 6.64. The quantitative estimate of drug-likeness (QED) is 0.396. The number of aromatic nitrogens is 2. The molecule has 1 heterocycles. The number of fused-ring (bicyclic) bond motifs is 1. The fraction of sp³-hybridized carbons (Fsp3) is 0.0455. The van der Waals surface area contributed by atoms with Gasteiger partial charge in [-0.1, -0.05) is 36.4 Å². The van der Waals surface area contributed by atoms with E-state index in [1.165, 1.54) is 25.1 Å². The van der Waals surface area contributed by atoms with E-state index < -0.39 is 10.8 Å². The molecular weight excluding hydrogens is 384 g/mol. The molecule has 4 aromatic rings. The van der Waals surface area contributed by atoms with Crippen molar-refractivity contribution in [3.05, 3.63) is 98.3 Å². The van der Waals surface area contributed by atoms with Crippen molar-refractivity contribution >= 4 is 28.3 Å². The van der Waals surface area contributed by atoms with Crippen molar-refractivity contribution in [3.63, 3.8) is 0 Å². The van der Waals surface area contributed by atoms with Crippen LogP contribution < -0.4 is 10.9 Å². The Kier molecular flexibility index (Phi) is 4.81. The van der Waals surface area contributed by atoms with Gasteiger partial charge in [-0.15, -0.1) is 0 Å². The molecule has 0 fully saturated rings. The minimum absolute atomic E-state index is 0.136. The minimum Gasteiger partial charge on any atom is -0.321 e. The van der Waals surface area contributed by atoms with Crippen LogP contribution in [0, 0.1) is 17.0 Å². The lowest BCUT2D eigenvalue weighted by molar-refractivity contribution is -0.385. The summed E-state index contributed by atoms with van der Waals surface area (Å²) in [6.07, 6.45) is 0. The van der Waals surface area contributed by atoms with Gasteiger partial charge >= 0.3 is 0 Å². The van der Waals surface area contributed by atoms with Crippen LogP contribution in [-0.4, -0.2) is 20.8 Å². The van der Waals surface area contributed by atoms with E-state index in [0.29, 0.717) is 22.3 Å². The van der Waals surface area contributed by atoms with Gasteiger partial charge in [0.2, 0.25) is 0 Å². The zero-order chi connectivity index (χ0) is 21.3. The van der Waals surface area contributed by atoms with Crippen molar-refractivity contribution in [1.29, 1.82) is 0 Å². The minimum atomic E-state index is -0.529. The normalized spacial score (nSPS) is 10.7. The lowest BCUT2D eigenvalue weighted by Crippen LogP contribution is -2.17. The molecule has 8 heteroatoms. The standard InChI is InChI=1S/C22H16N4O4/c1-13-14(8-6-12-19(13)26(29)30)21(27)24-16-9-3-2-7-15(16)20-22(28)25-18-11-5-4-10-17(18)23-20/h2-12H,1H3,(H,24,27)(H,25,28). The summed E-state index contributed by atoms with van der Waals surface area (Å²) in [5.74, 6) is -0.513. The second kappa shape index (κ2) is 7.59. The van der Waals surface area contributed by atoms with Gasteiger partial charge < -0.3 is 10.3 Å². The molecule has 0 radical (unpaired) electrons. The van der Waals surface area contributed by atoms with Crippen LogP contribution in [0.5, 0.6) is 0 Å². The Morgan fingerprint density at radius 2 is 1.77 bits per heavy atom. The molecule has 0 unspecified atom stereocenters. The van der Waals surface area contributed by atoms with Gasteiger partial charge in [-0.25, -0.2) is 4.98 Å². The summed E-state index contributed by atoms with van der Waals surface area (Å²) in [7, 11) is 0. The second-order valence-corrected chi connectivity index (χ2v) is 6.64. The SMILES string of the molecule is Cc1c(C(=O)Nc2ccccc2-c2nc3ccccc3[nH]c2=O)cccc1[N+](=O)[O-]. The third-order valence-electron chi connectivity index (χ3n) is 4.78. The van der Waals surface area contributed by atoms with Crippen molar-refractivity contribution < 1.29 is 9.72 Å². The summed E-state index contributed by atoms with van der Waals surface area (Å²) in [4.78, 5) is 43.3. The van der Waals surface area contributed by atoms with E-state index in [1.54, 1.807) is 42.5 Å². The number of carbonyl (C=O) groups excluding carboxylic acids is 1. The first-order chi connectivity index (χ1) is 14.5. The summed E-state index contributed by atoms with van der Waals surface area (Å²) < 4.78 is 0. The fourth-order valence-corrected chi connectivity index (χ4v) is 3.27. The first-order valence-corrected chi connectivity index (χ1v) is 9.09. The Morgan fingerprint density at radius 1 is 1.03 bits per heavy atom. The Balaban J connectivity index is 1.76. The highest BCUT2D eigenvalue weighted by Gasteiger charge is 2.19. The average Bonchev–Trinajstić information content (AvgIpc) is 2.73. The van der Waals surface area contributed by atoms with Crippen LogP contribution in [0.2, 0.25) is 0 Å². The highest BCUT2D eigenvalue weighted by atomic mass is 16.6. The number of anilines is 1. The summed E-state index contributed by atoms with van der Waals surface area (Å²) >= 11 is 0. The third-order valence-corrected chi connectivity index (χ3v) is 4.78. The zero-order valence-corrected chi connectivity index (χ0v) is 15.9. The van der Waals surface area contributed by atoms with Crippen molar-refractivity contribution in [3.8, 4) is 11.3 Å². The van der Waals surface area contributed by atoms with Crippen molar-refractivity contribution in [2.45, 2.75) is 6.92 Å². The van der Waals surface area contributed by atoms with Crippen LogP contribution in [-0.2, 0) is 0 Å². The molecule has 148 valence electrons. The highest BCUT2D eigenvalue weighted by molar-refractivity contribution is 6.07. The molecule has 4 rings (SSSR count). The van der Waals surface area contributed by atoms with Gasteiger partial charge in [0.15, 0.2) is 0 Å². The van der Waals surface area contributed by atoms with Gasteiger partial charge in [0.25, 0.3) is 17.2 Å². The molecule has 30 heavy (non-hydrogen) atoms. The molecule has 1 aromatic heterocycles. The number of aromatic amines is 1. The molecule has 0 saturated heterocycles. The molecule has 0 saturated carbocycles. The van der Waals surface area contributed by atoms with E-state index in [4.69, 9.17) is 0 Å². The number of nitro benzene ring substituents is 1. The van der Waals surface area contributed by atoms with Gasteiger partial charge in [0.1, 0.15) is 5.69 Å². The Labute approximate surface area is 170 Å². The first kappa shape index (κ1) is 19.0. The highest BCUT2D eigenvalue weighted by Crippen LogP contribution is 2.27. The number of para-hydroxylation sites is 3. The number of nitrogens with zero attached hydrogens (tertiary/aromatic N) is 2. The number of rotatable bonds is 4. The Bertz CT molecular complexity index is 1360. The van der Waals surface area contributed by atoms with E-state index >= 15 is 0 Å². The molecule has 0 aliphatic rings. The molecule has 0 spiro atoms. The Morgan fingerprint density at radius 3 is 2.57 bits per heavy atom. The average molecular weight is 400 g/mol. The topological polar surface area (TPSA) is 118 Å². The maximum absolute atomic E-state index is 12.9. The van der Waals surface area contributed by atoms with Crippen LogP contribution in [0.25, 0.3) is 22.3 Å². The summed E-state index contributed by atoms with van der Waals surface area (Å²) in [6.45, 7) is 1.52. The summed E-state index contributed by atoms with van der Waals surface area (Å²) in [6, 6.07) is 18.3.